The Labute approximate surface area is 188 Å². The molecule has 1 aromatic heterocycles. The molecule has 1 aromatic carbocycles. The Bertz CT molecular complexity index is 1260. The molecule has 33 heavy (non-hydrogen) atoms. The van der Waals surface area contributed by atoms with Gasteiger partial charge in [-0.25, -0.2) is 4.79 Å². The van der Waals surface area contributed by atoms with Crippen LogP contribution in [0.4, 0.5) is 11.4 Å². The molecule has 0 atom stereocenters. The lowest BCUT2D eigenvalue weighted by atomic mass is 10.1. The van der Waals surface area contributed by atoms with Crippen LogP contribution in [0.2, 0.25) is 0 Å². The molecule has 2 aliphatic rings. The molecule has 1 fully saturated rings. The van der Waals surface area contributed by atoms with Gasteiger partial charge in [-0.2, -0.15) is 0 Å². The summed E-state index contributed by atoms with van der Waals surface area (Å²) in [5, 5.41) is 17.9. The van der Waals surface area contributed by atoms with E-state index in [0.29, 0.717) is 19.6 Å². The van der Waals surface area contributed by atoms with E-state index in [1.807, 2.05) is 0 Å². The van der Waals surface area contributed by atoms with Crippen molar-refractivity contribution >= 4 is 23.2 Å². The maximum atomic E-state index is 13.0. The van der Waals surface area contributed by atoms with E-state index in [9.17, 15) is 24.3 Å². The first-order valence-corrected chi connectivity index (χ1v) is 10.5. The molecule has 0 unspecified atom stereocenters. The van der Waals surface area contributed by atoms with Gasteiger partial charge in [-0.15, -0.1) is 10.2 Å². The number of ether oxygens (including phenoxy) is 1. The van der Waals surface area contributed by atoms with Crippen LogP contribution in [0.1, 0.15) is 27.1 Å². The summed E-state index contributed by atoms with van der Waals surface area (Å²) in [5.41, 5.74) is -1.60. The van der Waals surface area contributed by atoms with Gasteiger partial charge in [-0.05, 0) is 18.6 Å². The molecule has 3 heterocycles. The fourth-order valence-electron chi connectivity index (χ4n) is 3.89. The second kappa shape index (κ2) is 9.08. The smallest absolute Gasteiger partial charge is 0.333 e. The largest absolute Gasteiger partial charge is 0.493 e. The molecule has 2 amide bonds. The van der Waals surface area contributed by atoms with Gasteiger partial charge >= 0.3 is 5.69 Å². The highest BCUT2D eigenvalue weighted by Crippen LogP contribution is 2.32. The molecule has 2 aliphatic heterocycles. The molecule has 1 N–H and O–H groups in total. The van der Waals surface area contributed by atoms with Crippen molar-refractivity contribution < 1.29 is 19.4 Å². The third kappa shape index (κ3) is 4.10. The van der Waals surface area contributed by atoms with Crippen molar-refractivity contribution in [3.05, 3.63) is 50.2 Å². The summed E-state index contributed by atoms with van der Waals surface area (Å²) in [4.78, 5) is 53.5. The lowest BCUT2D eigenvalue weighted by Gasteiger charge is -2.27. The molecule has 174 valence electrons. The molecular weight excluding hydrogens is 432 g/mol. The number of fused-ring (bicyclic) bond motifs is 1. The molecule has 0 spiro atoms. The number of hydrogen-bond donors (Lipinski definition) is 1. The molecule has 12 heteroatoms. The number of nitrogens with zero attached hydrogens (tertiary/aromatic N) is 6. The average molecular weight is 456 g/mol. The maximum Gasteiger partial charge on any atom is 0.333 e. The van der Waals surface area contributed by atoms with Crippen molar-refractivity contribution in [1.29, 1.82) is 0 Å². The van der Waals surface area contributed by atoms with Crippen LogP contribution in [-0.4, -0.2) is 75.2 Å². The molecule has 12 nitrogen and oxygen atoms in total. The highest BCUT2D eigenvalue weighted by atomic mass is 16.5. The van der Waals surface area contributed by atoms with E-state index >= 15 is 0 Å². The first-order valence-electron chi connectivity index (χ1n) is 10.5. The van der Waals surface area contributed by atoms with Crippen LogP contribution in [0, 0.1) is 0 Å². The fourth-order valence-corrected chi connectivity index (χ4v) is 3.89. The van der Waals surface area contributed by atoms with E-state index in [1.54, 1.807) is 12.1 Å². The fraction of sp³-hybridized carbons (Fsp3) is 0.429. The number of aromatic nitrogens is 2. The maximum absolute atomic E-state index is 13.0. The second-order valence-corrected chi connectivity index (χ2v) is 7.85. The van der Waals surface area contributed by atoms with Gasteiger partial charge in [0.05, 0.1) is 30.0 Å². The summed E-state index contributed by atoms with van der Waals surface area (Å²) in [6.07, 6.45) is 0.629. The van der Waals surface area contributed by atoms with Crippen molar-refractivity contribution in [1.82, 2.24) is 18.9 Å². The summed E-state index contributed by atoms with van der Waals surface area (Å²) in [7, 11) is 2.54. The lowest BCUT2D eigenvalue weighted by Crippen LogP contribution is -2.39. The van der Waals surface area contributed by atoms with E-state index in [2.05, 4.69) is 15.1 Å². The molecule has 0 saturated carbocycles. The molecule has 1 saturated heterocycles. The van der Waals surface area contributed by atoms with Crippen molar-refractivity contribution in [2.24, 2.45) is 24.3 Å². The summed E-state index contributed by atoms with van der Waals surface area (Å²) in [6, 6.07) is 4.60. The third-order valence-electron chi connectivity index (χ3n) is 5.81. The standard InChI is InChI=1S/C21H24N6O6/c1-24-19(30)16(20(31)25(2)21(24)32)23-22-14-6-3-5-13-15(14)18(29)27(17(13)28)8-4-7-26-9-11-33-12-10-26/h3,5-6,30H,4,7-12H2,1-2H3. The number of azo groups is 1. The zero-order valence-electron chi connectivity index (χ0n) is 18.4. The predicted molar refractivity (Wildman–Crippen MR) is 116 cm³/mol. The summed E-state index contributed by atoms with van der Waals surface area (Å²) < 4.78 is 6.97. The van der Waals surface area contributed by atoms with Crippen molar-refractivity contribution in [2.45, 2.75) is 6.42 Å². The number of benzene rings is 1. The Hall–Kier alpha value is -3.64. The number of imide groups is 1. The Morgan fingerprint density at radius 1 is 0.970 bits per heavy atom. The van der Waals surface area contributed by atoms with E-state index in [1.165, 1.54) is 25.1 Å². The molecule has 0 radical (unpaired) electrons. The quantitative estimate of drug-likeness (QED) is 0.494. The van der Waals surface area contributed by atoms with Crippen LogP contribution in [0.3, 0.4) is 0 Å². The van der Waals surface area contributed by atoms with Gasteiger partial charge in [0.2, 0.25) is 11.6 Å². The van der Waals surface area contributed by atoms with Crippen molar-refractivity contribution in [3.63, 3.8) is 0 Å². The van der Waals surface area contributed by atoms with Crippen LogP contribution in [0.25, 0.3) is 0 Å². The minimum Gasteiger partial charge on any atom is -0.493 e. The summed E-state index contributed by atoms with van der Waals surface area (Å²) in [5.74, 6) is -1.54. The minimum absolute atomic E-state index is 0.0943. The summed E-state index contributed by atoms with van der Waals surface area (Å²) in [6.45, 7) is 4.01. The Kier molecular flexibility index (Phi) is 6.20. The number of carbonyl (C=O) groups excluding carboxylic acids is 2. The van der Waals surface area contributed by atoms with Crippen LogP contribution < -0.4 is 11.2 Å². The van der Waals surface area contributed by atoms with Crippen LogP contribution in [-0.2, 0) is 18.8 Å². The first kappa shape index (κ1) is 22.6. The number of morpholine rings is 1. The monoisotopic (exact) mass is 456 g/mol. The average Bonchev–Trinajstić information content (AvgIpc) is 3.07. The molecule has 2 aromatic rings. The highest BCUT2D eigenvalue weighted by Gasteiger charge is 2.37. The third-order valence-corrected chi connectivity index (χ3v) is 5.81. The topological polar surface area (TPSA) is 139 Å². The number of amides is 2. The number of carbonyl (C=O) groups is 2. The Balaban J connectivity index is 1.57. The predicted octanol–water partition coefficient (Wildman–Crippen LogP) is 0.523. The van der Waals surface area contributed by atoms with Gasteiger partial charge in [0.25, 0.3) is 17.4 Å². The van der Waals surface area contributed by atoms with Crippen molar-refractivity contribution in [2.75, 3.05) is 39.4 Å². The second-order valence-electron chi connectivity index (χ2n) is 7.85. The molecule has 0 aliphatic carbocycles. The number of rotatable bonds is 6. The minimum atomic E-state index is -0.834. The molecule has 4 rings (SSSR count). The normalized spacial score (nSPS) is 16.7. The van der Waals surface area contributed by atoms with Gasteiger partial charge in [-0.3, -0.25) is 33.3 Å². The van der Waals surface area contributed by atoms with Gasteiger partial charge in [-0.1, -0.05) is 6.07 Å². The zero-order chi connectivity index (χ0) is 23.7. The summed E-state index contributed by atoms with van der Waals surface area (Å²) >= 11 is 0. The van der Waals surface area contributed by atoms with Gasteiger partial charge in [0.1, 0.15) is 0 Å². The van der Waals surface area contributed by atoms with Crippen molar-refractivity contribution in [3.8, 4) is 5.88 Å². The van der Waals surface area contributed by atoms with Crippen LogP contribution >= 0.6 is 0 Å². The van der Waals surface area contributed by atoms with Crippen LogP contribution in [0.5, 0.6) is 5.88 Å². The van der Waals surface area contributed by atoms with Crippen LogP contribution in [0.15, 0.2) is 38.0 Å². The van der Waals surface area contributed by atoms with E-state index < -0.39 is 34.6 Å². The Morgan fingerprint density at radius 2 is 1.70 bits per heavy atom. The van der Waals surface area contributed by atoms with Gasteiger partial charge < -0.3 is 9.84 Å². The molecular formula is C21H24N6O6. The highest BCUT2D eigenvalue weighted by molar-refractivity contribution is 6.23. The first-order chi connectivity index (χ1) is 15.8. The Morgan fingerprint density at radius 3 is 2.42 bits per heavy atom. The van der Waals surface area contributed by atoms with Gasteiger partial charge in [0.15, 0.2) is 0 Å². The van der Waals surface area contributed by atoms with E-state index in [-0.39, 0.29) is 23.4 Å². The SMILES string of the molecule is Cn1c(O)c(N=Nc2cccc3c2C(=O)N(CCCN2CCOCC2)C3=O)c(=O)n(C)c1=O. The number of aromatic hydroxyl groups is 1. The van der Waals surface area contributed by atoms with E-state index in [0.717, 1.165) is 28.8 Å². The zero-order valence-corrected chi connectivity index (χ0v) is 18.4. The van der Waals surface area contributed by atoms with Gasteiger partial charge in [0, 0.05) is 40.3 Å². The van der Waals surface area contributed by atoms with E-state index in [4.69, 9.17) is 4.74 Å². The molecule has 0 bridgehead atoms. The lowest BCUT2D eigenvalue weighted by molar-refractivity contribution is 0.0355. The number of hydrogen-bond acceptors (Lipinski definition) is 9.